The number of amides is 2. The fraction of sp³-hybridized carbons (Fsp3) is 0.393. The summed E-state index contributed by atoms with van der Waals surface area (Å²) in [6.45, 7) is -0.840. The van der Waals surface area contributed by atoms with Crippen LogP contribution in [0.2, 0.25) is 0 Å². The minimum absolute atomic E-state index is 0.0456. The molecule has 2 aliphatic rings. The van der Waals surface area contributed by atoms with E-state index in [1.165, 1.54) is 0 Å². The lowest BCUT2D eigenvalue weighted by Gasteiger charge is -2.33. The summed E-state index contributed by atoms with van der Waals surface area (Å²) in [7, 11) is 0. The van der Waals surface area contributed by atoms with Gasteiger partial charge in [0.15, 0.2) is 0 Å². The smallest absolute Gasteiger partial charge is 0.343 e. The SMILES string of the molecule is O=C(CC1Cc2cc(Br)c3[nH]ncc3c2CN(CC(F)(F)F)C1=O)N1CCC(c2cc3cccnc3[nH]c2=O)CC1. The number of halogens is 4. The fourth-order valence-corrected chi connectivity index (χ4v) is 6.65. The molecule has 0 radical (unpaired) electrons. The van der Waals surface area contributed by atoms with E-state index in [0.29, 0.717) is 63.6 Å². The summed E-state index contributed by atoms with van der Waals surface area (Å²) in [6.07, 6.45) is -0.355. The Morgan fingerprint density at radius 2 is 1.95 bits per heavy atom. The number of nitrogens with one attached hydrogen (secondary N) is 2. The molecule has 0 saturated carbocycles. The molecule has 214 valence electrons. The molecule has 2 amide bonds. The number of hydrogen-bond donors (Lipinski definition) is 2. The van der Waals surface area contributed by atoms with Crippen LogP contribution in [-0.4, -0.2) is 67.6 Å². The van der Waals surface area contributed by atoms with Crippen LogP contribution in [0.15, 0.2) is 45.9 Å². The van der Waals surface area contributed by atoms with Crippen LogP contribution >= 0.6 is 15.9 Å². The quantitative estimate of drug-likeness (QED) is 0.346. The minimum Gasteiger partial charge on any atom is -0.343 e. The lowest BCUT2D eigenvalue weighted by molar-refractivity contribution is -0.165. The van der Waals surface area contributed by atoms with Crippen molar-refractivity contribution in [3.63, 3.8) is 0 Å². The maximum absolute atomic E-state index is 13.5. The maximum Gasteiger partial charge on any atom is 0.406 e. The standard InChI is InChI=1S/C28H26BrF3N6O3/c29-22-10-17-8-18(27(41)38(14-28(30,31)32)13-21(17)20-12-34-36-24(20)22)11-23(39)37-6-3-15(4-7-37)19-9-16-2-1-5-33-25(16)35-26(19)40/h1-2,5,9-10,12,15,18H,3-4,6-8,11,13-14H2,(H,34,36)(H,33,35,40). The molecule has 1 fully saturated rings. The van der Waals surface area contributed by atoms with Crippen LogP contribution in [0.5, 0.6) is 0 Å². The number of hydrogen-bond acceptors (Lipinski definition) is 5. The number of pyridine rings is 2. The first-order chi connectivity index (χ1) is 19.6. The van der Waals surface area contributed by atoms with E-state index >= 15 is 0 Å². The van der Waals surface area contributed by atoms with Crippen LogP contribution < -0.4 is 5.56 Å². The molecular formula is C28H26BrF3N6O3. The highest BCUT2D eigenvalue weighted by Gasteiger charge is 2.39. The van der Waals surface area contributed by atoms with Gasteiger partial charge in [0.1, 0.15) is 12.2 Å². The molecule has 1 atom stereocenters. The lowest BCUT2D eigenvalue weighted by atomic mass is 9.88. The third-order valence-corrected chi connectivity index (χ3v) is 8.72. The van der Waals surface area contributed by atoms with Crippen molar-refractivity contribution in [2.45, 2.75) is 44.3 Å². The van der Waals surface area contributed by atoms with Gasteiger partial charge in [-0.3, -0.25) is 19.5 Å². The van der Waals surface area contributed by atoms with Crippen molar-refractivity contribution >= 4 is 49.7 Å². The van der Waals surface area contributed by atoms with E-state index in [4.69, 9.17) is 0 Å². The molecule has 1 aromatic carbocycles. The Hall–Kier alpha value is -3.74. The number of carbonyl (C=O) groups excluding carboxylic acids is 2. The molecule has 2 N–H and O–H groups in total. The Bertz CT molecular complexity index is 1710. The first-order valence-corrected chi connectivity index (χ1v) is 14.1. The van der Waals surface area contributed by atoms with Gasteiger partial charge in [-0.2, -0.15) is 18.3 Å². The summed E-state index contributed by atoms with van der Waals surface area (Å²) in [5, 5.41) is 8.34. The normalized spacial score (nSPS) is 18.6. The van der Waals surface area contributed by atoms with Crippen LogP contribution in [0.4, 0.5) is 13.2 Å². The monoisotopic (exact) mass is 630 g/mol. The average molecular weight is 631 g/mol. The van der Waals surface area contributed by atoms with E-state index in [2.05, 4.69) is 36.1 Å². The second kappa shape index (κ2) is 10.6. The van der Waals surface area contributed by atoms with E-state index in [0.717, 1.165) is 10.3 Å². The molecule has 4 aromatic rings. The number of fused-ring (bicyclic) bond motifs is 4. The summed E-state index contributed by atoms with van der Waals surface area (Å²) >= 11 is 3.48. The van der Waals surface area contributed by atoms with Gasteiger partial charge in [-0.25, -0.2) is 4.98 Å². The Morgan fingerprint density at radius 1 is 1.17 bits per heavy atom. The molecule has 13 heteroatoms. The topological polar surface area (TPSA) is 115 Å². The molecule has 0 aliphatic carbocycles. The van der Waals surface area contributed by atoms with Gasteiger partial charge in [0.25, 0.3) is 5.56 Å². The molecule has 6 rings (SSSR count). The van der Waals surface area contributed by atoms with E-state index in [1.807, 2.05) is 12.1 Å². The molecule has 1 saturated heterocycles. The zero-order chi connectivity index (χ0) is 28.9. The number of aromatic nitrogens is 4. The summed E-state index contributed by atoms with van der Waals surface area (Å²) in [4.78, 5) is 48.9. The minimum atomic E-state index is -4.59. The van der Waals surface area contributed by atoms with Crippen molar-refractivity contribution in [2.75, 3.05) is 19.6 Å². The van der Waals surface area contributed by atoms with E-state index < -0.39 is 24.5 Å². The van der Waals surface area contributed by atoms with Crippen molar-refractivity contribution < 1.29 is 22.8 Å². The summed E-state index contributed by atoms with van der Waals surface area (Å²) in [6, 6.07) is 7.31. The van der Waals surface area contributed by atoms with Crippen LogP contribution in [0, 0.1) is 5.92 Å². The van der Waals surface area contributed by atoms with Gasteiger partial charge in [-0.15, -0.1) is 0 Å². The Labute approximate surface area is 240 Å². The Kier molecular flexibility index (Phi) is 7.08. The fourth-order valence-electron chi connectivity index (χ4n) is 6.08. The maximum atomic E-state index is 13.5. The van der Waals surface area contributed by atoms with Gasteiger partial charge in [-0.05, 0) is 76.5 Å². The highest BCUT2D eigenvalue weighted by atomic mass is 79.9. The van der Waals surface area contributed by atoms with Crippen molar-refractivity contribution in [2.24, 2.45) is 5.92 Å². The van der Waals surface area contributed by atoms with Crippen molar-refractivity contribution in [1.82, 2.24) is 30.0 Å². The first kappa shape index (κ1) is 27.4. The molecular weight excluding hydrogens is 605 g/mol. The average Bonchev–Trinajstić information content (AvgIpc) is 3.39. The zero-order valence-electron chi connectivity index (χ0n) is 21.8. The Balaban J connectivity index is 1.20. The summed E-state index contributed by atoms with van der Waals surface area (Å²) in [5.41, 5.74) is 2.91. The van der Waals surface area contributed by atoms with Crippen LogP contribution in [0.1, 0.15) is 41.9 Å². The lowest BCUT2D eigenvalue weighted by Crippen LogP contribution is -2.44. The molecule has 2 aliphatic heterocycles. The number of benzene rings is 1. The number of alkyl halides is 3. The molecule has 41 heavy (non-hydrogen) atoms. The highest BCUT2D eigenvalue weighted by molar-refractivity contribution is 9.10. The second-order valence-corrected chi connectivity index (χ2v) is 11.6. The van der Waals surface area contributed by atoms with Crippen molar-refractivity contribution in [3.05, 3.63) is 68.2 Å². The van der Waals surface area contributed by atoms with E-state index in [1.54, 1.807) is 29.4 Å². The molecule has 1 unspecified atom stereocenters. The van der Waals surface area contributed by atoms with Crippen molar-refractivity contribution in [3.8, 4) is 0 Å². The summed E-state index contributed by atoms with van der Waals surface area (Å²) < 4.78 is 41.2. The van der Waals surface area contributed by atoms with Gasteiger partial charge in [0, 0.05) is 53.1 Å². The molecule has 3 aromatic heterocycles. The number of rotatable bonds is 4. The van der Waals surface area contributed by atoms with Gasteiger partial charge in [0.2, 0.25) is 11.8 Å². The van der Waals surface area contributed by atoms with E-state index in [-0.39, 0.29) is 36.8 Å². The number of nitrogens with zero attached hydrogens (tertiary/aromatic N) is 4. The predicted octanol–water partition coefficient (Wildman–Crippen LogP) is 4.42. The largest absolute Gasteiger partial charge is 0.406 e. The molecule has 0 spiro atoms. The number of H-pyrrole nitrogens is 2. The van der Waals surface area contributed by atoms with E-state index in [9.17, 15) is 27.6 Å². The zero-order valence-corrected chi connectivity index (χ0v) is 23.4. The third kappa shape index (κ3) is 5.46. The highest BCUT2D eigenvalue weighted by Crippen LogP contribution is 2.36. The molecule has 9 nitrogen and oxygen atoms in total. The predicted molar refractivity (Wildman–Crippen MR) is 148 cm³/mol. The molecule has 5 heterocycles. The van der Waals surface area contributed by atoms with Gasteiger partial charge >= 0.3 is 6.18 Å². The number of piperidine rings is 1. The van der Waals surface area contributed by atoms with Crippen LogP contribution in [0.25, 0.3) is 21.9 Å². The van der Waals surface area contributed by atoms with Gasteiger partial charge < -0.3 is 14.8 Å². The number of carbonyl (C=O) groups is 2. The third-order valence-electron chi connectivity index (χ3n) is 8.09. The van der Waals surface area contributed by atoms with Crippen molar-refractivity contribution in [1.29, 1.82) is 0 Å². The van der Waals surface area contributed by atoms with Gasteiger partial charge in [-0.1, -0.05) is 0 Å². The second-order valence-electron chi connectivity index (χ2n) is 10.7. The summed E-state index contributed by atoms with van der Waals surface area (Å²) in [5.74, 6) is -1.95. The Morgan fingerprint density at radius 3 is 2.71 bits per heavy atom. The van der Waals surface area contributed by atoms with Crippen LogP contribution in [-0.2, 0) is 22.6 Å². The number of likely N-dealkylation sites (tertiary alicyclic amines) is 1. The van der Waals surface area contributed by atoms with Crippen LogP contribution in [0.3, 0.4) is 0 Å². The van der Waals surface area contributed by atoms with Gasteiger partial charge in [0.05, 0.1) is 17.6 Å². The molecule has 0 bridgehead atoms. The first-order valence-electron chi connectivity index (χ1n) is 13.3. The number of aromatic amines is 2.